The third-order valence-electron chi connectivity index (χ3n) is 4.95. The molecule has 0 aliphatic rings. The number of hydrogen-bond donors (Lipinski definition) is 1. The summed E-state index contributed by atoms with van der Waals surface area (Å²) in [6.45, 7) is 10.1. The first kappa shape index (κ1) is 20.5. The molecule has 3 rings (SSSR count). The van der Waals surface area contributed by atoms with Crippen LogP contribution < -0.4 is 5.32 Å². The molecule has 0 aliphatic carbocycles. The topological polar surface area (TPSA) is 42.0 Å². The maximum absolute atomic E-state index is 13.1. The van der Waals surface area contributed by atoms with Gasteiger partial charge in [-0.2, -0.15) is 0 Å². The van der Waals surface area contributed by atoms with E-state index in [2.05, 4.69) is 42.9 Å². The molecule has 1 heterocycles. The molecule has 148 valence electrons. The Labute approximate surface area is 173 Å². The Morgan fingerprint density at radius 1 is 1.07 bits per heavy atom. The van der Waals surface area contributed by atoms with Crippen LogP contribution in [-0.4, -0.2) is 10.9 Å². The lowest BCUT2D eigenvalue weighted by Crippen LogP contribution is -2.22. The molecule has 0 bridgehead atoms. The molecular formula is C26H28N2O. The van der Waals surface area contributed by atoms with Crippen LogP contribution in [0.1, 0.15) is 43.0 Å². The van der Waals surface area contributed by atoms with E-state index in [1.165, 1.54) is 0 Å². The van der Waals surface area contributed by atoms with Crippen LogP contribution in [0.25, 0.3) is 17.2 Å². The van der Waals surface area contributed by atoms with Crippen molar-refractivity contribution in [2.75, 3.05) is 5.32 Å². The Hall–Kier alpha value is -3.20. The van der Waals surface area contributed by atoms with E-state index < -0.39 is 0 Å². The van der Waals surface area contributed by atoms with Crippen molar-refractivity contribution < 1.29 is 4.79 Å². The van der Waals surface area contributed by atoms with Crippen molar-refractivity contribution in [2.45, 2.75) is 33.1 Å². The van der Waals surface area contributed by atoms with Crippen LogP contribution in [0.5, 0.6) is 0 Å². The number of hydrogen-bond acceptors (Lipinski definition) is 2. The Morgan fingerprint density at radius 3 is 2.48 bits per heavy atom. The minimum absolute atomic E-state index is 0.0208. The number of aryl methyl sites for hydroxylation is 1. The average molecular weight is 385 g/mol. The van der Waals surface area contributed by atoms with Gasteiger partial charge in [0.15, 0.2) is 0 Å². The van der Waals surface area contributed by atoms with Crippen LogP contribution in [0, 0.1) is 12.8 Å². The molecule has 1 atom stereocenters. The molecule has 3 nitrogen and oxygen atoms in total. The van der Waals surface area contributed by atoms with Crippen LogP contribution in [0.15, 0.2) is 73.4 Å². The van der Waals surface area contributed by atoms with E-state index in [4.69, 9.17) is 0 Å². The summed E-state index contributed by atoms with van der Waals surface area (Å²) in [4.78, 5) is 17.3. The molecule has 1 amide bonds. The molecule has 3 aromatic rings. The first-order valence-electron chi connectivity index (χ1n) is 10.0. The molecule has 0 saturated heterocycles. The van der Waals surface area contributed by atoms with Gasteiger partial charge in [-0.05, 0) is 65.8 Å². The van der Waals surface area contributed by atoms with Gasteiger partial charge in [0.1, 0.15) is 0 Å². The third kappa shape index (κ3) is 5.41. The number of carbonyl (C=O) groups excluding carboxylic acids is 1. The Bertz CT molecular complexity index is 990. The predicted octanol–water partition coefficient (Wildman–Crippen LogP) is 6.47. The van der Waals surface area contributed by atoms with Crippen LogP contribution in [0.2, 0.25) is 0 Å². The number of pyridine rings is 1. The number of anilines is 1. The van der Waals surface area contributed by atoms with Gasteiger partial charge >= 0.3 is 0 Å². The highest BCUT2D eigenvalue weighted by Crippen LogP contribution is 2.28. The lowest BCUT2D eigenvalue weighted by Gasteiger charge is -2.20. The molecule has 0 spiro atoms. The number of nitrogens with one attached hydrogen (secondary N) is 1. The second kappa shape index (κ2) is 9.33. The fraction of sp³-hybridized carbons (Fsp3) is 0.231. The van der Waals surface area contributed by atoms with Crippen molar-refractivity contribution >= 4 is 17.7 Å². The van der Waals surface area contributed by atoms with Crippen LogP contribution in [-0.2, 0) is 4.79 Å². The minimum atomic E-state index is -0.197. The van der Waals surface area contributed by atoms with Gasteiger partial charge in [0.25, 0.3) is 0 Å². The summed E-state index contributed by atoms with van der Waals surface area (Å²) in [5.41, 5.74) is 6.06. The second-order valence-corrected chi connectivity index (χ2v) is 7.81. The number of carbonyl (C=O) groups is 1. The highest BCUT2D eigenvalue weighted by atomic mass is 16.1. The second-order valence-electron chi connectivity index (χ2n) is 7.81. The Morgan fingerprint density at radius 2 is 1.83 bits per heavy atom. The smallest absolute Gasteiger partial charge is 0.231 e. The standard InChI is InChI=1S/C26H28N2O/c1-5-20-7-6-8-23(17-20)25(15-18(2)3)26(29)28-24-11-9-21(10-12-24)22-13-14-27-19(4)16-22/h5-14,16-18,25H,1,15H2,2-4H3,(H,28,29). The summed E-state index contributed by atoms with van der Waals surface area (Å²) in [5.74, 6) is 0.236. The molecular weight excluding hydrogens is 356 g/mol. The van der Waals surface area contributed by atoms with E-state index in [9.17, 15) is 4.79 Å². The van der Waals surface area contributed by atoms with Gasteiger partial charge in [0, 0.05) is 17.6 Å². The summed E-state index contributed by atoms with van der Waals surface area (Å²) >= 11 is 0. The van der Waals surface area contributed by atoms with Crippen molar-refractivity contribution in [3.63, 3.8) is 0 Å². The molecule has 1 unspecified atom stereocenters. The molecule has 0 fully saturated rings. The molecule has 29 heavy (non-hydrogen) atoms. The highest BCUT2D eigenvalue weighted by Gasteiger charge is 2.22. The zero-order chi connectivity index (χ0) is 20.8. The average Bonchev–Trinajstić information content (AvgIpc) is 2.72. The van der Waals surface area contributed by atoms with Crippen molar-refractivity contribution in [2.24, 2.45) is 5.92 Å². The van der Waals surface area contributed by atoms with Crippen LogP contribution in [0.3, 0.4) is 0 Å². The van der Waals surface area contributed by atoms with Gasteiger partial charge in [-0.15, -0.1) is 0 Å². The van der Waals surface area contributed by atoms with Gasteiger partial charge in [-0.1, -0.05) is 62.9 Å². The number of amides is 1. The van der Waals surface area contributed by atoms with E-state index >= 15 is 0 Å². The molecule has 0 radical (unpaired) electrons. The van der Waals surface area contributed by atoms with Crippen molar-refractivity contribution in [3.05, 3.63) is 90.3 Å². The van der Waals surface area contributed by atoms with Gasteiger partial charge in [-0.3, -0.25) is 9.78 Å². The van der Waals surface area contributed by atoms with E-state index in [1.54, 1.807) is 0 Å². The Kier molecular flexibility index (Phi) is 6.61. The zero-order valence-corrected chi connectivity index (χ0v) is 17.4. The minimum Gasteiger partial charge on any atom is -0.326 e. The third-order valence-corrected chi connectivity index (χ3v) is 4.95. The molecule has 1 N–H and O–H groups in total. The predicted molar refractivity (Wildman–Crippen MR) is 122 cm³/mol. The van der Waals surface area contributed by atoms with E-state index in [0.29, 0.717) is 5.92 Å². The summed E-state index contributed by atoms with van der Waals surface area (Å²) in [6, 6.07) is 20.1. The SMILES string of the molecule is C=Cc1cccc(C(CC(C)C)C(=O)Nc2ccc(-c3ccnc(C)c3)cc2)c1. The lowest BCUT2D eigenvalue weighted by atomic mass is 9.88. The van der Waals surface area contributed by atoms with Crippen LogP contribution in [0.4, 0.5) is 5.69 Å². The van der Waals surface area contributed by atoms with Crippen LogP contribution >= 0.6 is 0 Å². The summed E-state index contributed by atoms with van der Waals surface area (Å²) < 4.78 is 0. The first-order valence-corrected chi connectivity index (χ1v) is 10.0. The molecule has 3 heteroatoms. The normalized spacial score (nSPS) is 11.9. The van der Waals surface area contributed by atoms with Gasteiger partial charge in [-0.25, -0.2) is 0 Å². The number of benzene rings is 2. The summed E-state index contributed by atoms with van der Waals surface area (Å²) in [5, 5.41) is 3.10. The first-order chi connectivity index (χ1) is 14.0. The van der Waals surface area contributed by atoms with Gasteiger partial charge in [0.2, 0.25) is 5.91 Å². The fourth-order valence-corrected chi connectivity index (χ4v) is 3.47. The van der Waals surface area contributed by atoms with E-state index in [1.807, 2.05) is 67.7 Å². The quantitative estimate of drug-likeness (QED) is 0.507. The fourth-order valence-electron chi connectivity index (χ4n) is 3.47. The van der Waals surface area contributed by atoms with E-state index in [0.717, 1.165) is 40.1 Å². The number of nitrogens with zero attached hydrogens (tertiary/aromatic N) is 1. The molecule has 2 aromatic carbocycles. The van der Waals surface area contributed by atoms with Crippen molar-refractivity contribution in [3.8, 4) is 11.1 Å². The van der Waals surface area contributed by atoms with Gasteiger partial charge < -0.3 is 5.32 Å². The summed E-state index contributed by atoms with van der Waals surface area (Å²) in [7, 11) is 0. The maximum Gasteiger partial charge on any atom is 0.231 e. The number of aromatic nitrogens is 1. The molecule has 0 saturated carbocycles. The molecule has 0 aliphatic heterocycles. The largest absolute Gasteiger partial charge is 0.326 e. The van der Waals surface area contributed by atoms with Crippen molar-refractivity contribution in [1.29, 1.82) is 0 Å². The van der Waals surface area contributed by atoms with Crippen molar-refractivity contribution in [1.82, 2.24) is 4.98 Å². The molecule has 1 aromatic heterocycles. The monoisotopic (exact) mass is 384 g/mol. The highest BCUT2D eigenvalue weighted by molar-refractivity contribution is 5.96. The maximum atomic E-state index is 13.1. The summed E-state index contributed by atoms with van der Waals surface area (Å²) in [6.07, 6.45) is 4.42. The van der Waals surface area contributed by atoms with Gasteiger partial charge in [0.05, 0.1) is 5.92 Å². The van der Waals surface area contributed by atoms with E-state index in [-0.39, 0.29) is 11.8 Å². The Balaban J connectivity index is 1.79. The zero-order valence-electron chi connectivity index (χ0n) is 17.4. The lowest BCUT2D eigenvalue weighted by molar-refractivity contribution is -0.117. The number of rotatable bonds is 7.